The van der Waals surface area contributed by atoms with Crippen LogP contribution in [0.5, 0.6) is 0 Å². The zero-order chi connectivity index (χ0) is 13.4. The molecule has 0 amide bonds. The summed E-state index contributed by atoms with van der Waals surface area (Å²) >= 11 is 0. The van der Waals surface area contributed by atoms with Crippen LogP contribution in [0.4, 0.5) is 5.69 Å². The smallest absolute Gasteiger partial charge is 0.0948 e. The minimum absolute atomic E-state index is 0.0622. The second-order valence-corrected chi connectivity index (χ2v) is 4.54. The van der Waals surface area contributed by atoms with Gasteiger partial charge in [0.05, 0.1) is 25.4 Å². The van der Waals surface area contributed by atoms with Crippen LogP contribution in [0, 0.1) is 0 Å². The van der Waals surface area contributed by atoms with Gasteiger partial charge in [-0.25, -0.2) is 0 Å². The van der Waals surface area contributed by atoms with Crippen LogP contribution in [0.1, 0.15) is 13.8 Å². The first kappa shape index (κ1) is 15.0. The lowest BCUT2D eigenvalue weighted by molar-refractivity contribution is 0.00870. The molecule has 1 rings (SSSR count). The first-order valence-electron chi connectivity index (χ1n) is 6.34. The van der Waals surface area contributed by atoms with Crippen LogP contribution in [0.3, 0.4) is 0 Å². The number of ether oxygens (including phenoxy) is 1. The van der Waals surface area contributed by atoms with Crippen molar-refractivity contribution in [2.45, 2.75) is 26.1 Å². The topological polar surface area (TPSA) is 52.9 Å². The van der Waals surface area contributed by atoms with Gasteiger partial charge in [-0.15, -0.1) is 0 Å². The van der Waals surface area contributed by atoms with E-state index in [-0.39, 0.29) is 12.7 Å². The summed E-state index contributed by atoms with van der Waals surface area (Å²) in [4.78, 5) is 1.95. The van der Waals surface area contributed by atoms with Gasteiger partial charge in [0.2, 0.25) is 0 Å². The van der Waals surface area contributed by atoms with Gasteiger partial charge in [0.15, 0.2) is 0 Å². The summed E-state index contributed by atoms with van der Waals surface area (Å²) in [5.41, 5.74) is 0.996. The molecule has 0 aliphatic heterocycles. The van der Waals surface area contributed by atoms with Crippen LogP contribution in [0.25, 0.3) is 0 Å². The third-order valence-corrected chi connectivity index (χ3v) is 2.54. The molecular formula is C14H23NO3. The fourth-order valence-corrected chi connectivity index (χ4v) is 1.70. The molecule has 4 heteroatoms. The predicted molar refractivity (Wildman–Crippen MR) is 72.8 cm³/mol. The highest BCUT2D eigenvalue weighted by molar-refractivity contribution is 5.46. The monoisotopic (exact) mass is 253 g/mol. The maximum Gasteiger partial charge on any atom is 0.0948 e. The van der Waals surface area contributed by atoms with Crippen molar-refractivity contribution in [3.05, 3.63) is 30.3 Å². The van der Waals surface area contributed by atoms with Gasteiger partial charge in [-0.1, -0.05) is 18.2 Å². The molecule has 0 bridgehead atoms. The lowest BCUT2D eigenvalue weighted by Gasteiger charge is -2.26. The number of nitrogens with zero attached hydrogens (tertiary/aromatic N) is 1. The average molecular weight is 253 g/mol. The van der Waals surface area contributed by atoms with Gasteiger partial charge in [-0.05, 0) is 26.0 Å². The highest BCUT2D eigenvalue weighted by Crippen LogP contribution is 2.13. The Morgan fingerprint density at radius 1 is 1.22 bits per heavy atom. The summed E-state index contributed by atoms with van der Waals surface area (Å²) in [5.74, 6) is 0. The molecule has 1 unspecified atom stereocenters. The molecule has 102 valence electrons. The van der Waals surface area contributed by atoms with Crippen molar-refractivity contribution in [2.75, 3.05) is 31.2 Å². The van der Waals surface area contributed by atoms with Gasteiger partial charge in [0, 0.05) is 18.8 Å². The Morgan fingerprint density at radius 2 is 1.89 bits per heavy atom. The summed E-state index contributed by atoms with van der Waals surface area (Å²) in [6.45, 7) is 5.21. The van der Waals surface area contributed by atoms with Crippen molar-refractivity contribution >= 4 is 5.69 Å². The molecule has 1 aromatic carbocycles. The fourth-order valence-electron chi connectivity index (χ4n) is 1.70. The molecule has 0 radical (unpaired) electrons. The Bertz CT molecular complexity index is 316. The summed E-state index contributed by atoms with van der Waals surface area (Å²) in [7, 11) is 0. The third-order valence-electron chi connectivity index (χ3n) is 2.54. The number of rotatable bonds is 8. The first-order chi connectivity index (χ1) is 8.63. The quantitative estimate of drug-likeness (QED) is 0.732. The van der Waals surface area contributed by atoms with Gasteiger partial charge in [-0.2, -0.15) is 0 Å². The minimum atomic E-state index is -0.556. The van der Waals surface area contributed by atoms with Crippen LogP contribution in [-0.2, 0) is 4.74 Å². The minimum Gasteiger partial charge on any atom is -0.395 e. The Morgan fingerprint density at radius 3 is 2.44 bits per heavy atom. The van der Waals surface area contributed by atoms with E-state index in [1.165, 1.54) is 0 Å². The fraction of sp³-hybridized carbons (Fsp3) is 0.571. The predicted octanol–water partition coefficient (Wildman–Crippen LogP) is 1.27. The first-order valence-corrected chi connectivity index (χ1v) is 6.34. The summed E-state index contributed by atoms with van der Waals surface area (Å²) in [5, 5.41) is 19.0. The standard InChI is InChI=1S/C14H23NO3/c1-12(2)18-11-14(17)10-15(8-9-16)13-6-4-3-5-7-13/h3-7,12,14,16-17H,8-11H2,1-2H3. The van der Waals surface area contributed by atoms with Crippen LogP contribution >= 0.6 is 0 Å². The molecule has 0 saturated carbocycles. The normalized spacial score (nSPS) is 12.7. The van der Waals surface area contributed by atoms with Gasteiger partial charge in [0.25, 0.3) is 0 Å². The highest BCUT2D eigenvalue weighted by Gasteiger charge is 2.12. The summed E-state index contributed by atoms with van der Waals surface area (Å²) in [6.07, 6.45) is -0.443. The summed E-state index contributed by atoms with van der Waals surface area (Å²) < 4.78 is 5.38. The molecule has 0 aromatic heterocycles. The highest BCUT2D eigenvalue weighted by atomic mass is 16.5. The summed E-state index contributed by atoms with van der Waals surface area (Å²) in [6, 6.07) is 9.75. The molecule has 0 saturated heterocycles. The van der Waals surface area contributed by atoms with E-state index < -0.39 is 6.10 Å². The third kappa shape index (κ3) is 5.49. The number of aliphatic hydroxyl groups excluding tert-OH is 2. The van der Waals surface area contributed by atoms with Crippen molar-refractivity contribution in [3.63, 3.8) is 0 Å². The van der Waals surface area contributed by atoms with E-state index in [9.17, 15) is 5.11 Å². The Labute approximate surface area is 109 Å². The molecule has 1 atom stereocenters. The maximum atomic E-state index is 9.91. The Kier molecular flexibility index (Phi) is 6.72. The van der Waals surface area contributed by atoms with E-state index in [0.717, 1.165) is 5.69 Å². The van der Waals surface area contributed by atoms with E-state index in [0.29, 0.717) is 19.7 Å². The number of hydrogen-bond donors (Lipinski definition) is 2. The van der Waals surface area contributed by atoms with E-state index in [1.54, 1.807) is 0 Å². The van der Waals surface area contributed by atoms with Crippen LogP contribution < -0.4 is 4.90 Å². The average Bonchev–Trinajstić information content (AvgIpc) is 2.37. The molecule has 2 N–H and O–H groups in total. The molecule has 18 heavy (non-hydrogen) atoms. The Hall–Kier alpha value is -1.10. The molecule has 4 nitrogen and oxygen atoms in total. The molecular weight excluding hydrogens is 230 g/mol. The van der Waals surface area contributed by atoms with Gasteiger partial charge < -0.3 is 19.8 Å². The lowest BCUT2D eigenvalue weighted by atomic mass is 10.2. The second kappa shape index (κ2) is 8.08. The van der Waals surface area contributed by atoms with E-state index in [1.807, 2.05) is 49.1 Å². The van der Waals surface area contributed by atoms with Gasteiger partial charge >= 0.3 is 0 Å². The zero-order valence-electron chi connectivity index (χ0n) is 11.1. The van der Waals surface area contributed by atoms with Crippen molar-refractivity contribution in [2.24, 2.45) is 0 Å². The van der Waals surface area contributed by atoms with E-state index in [2.05, 4.69) is 0 Å². The van der Waals surface area contributed by atoms with Crippen molar-refractivity contribution in [1.29, 1.82) is 0 Å². The lowest BCUT2D eigenvalue weighted by Crippen LogP contribution is -2.37. The number of para-hydroxylation sites is 1. The zero-order valence-corrected chi connectivity index (χ0v) is 11.1. The molecule has 0 fully saturated rings. The number of anilines is 1. The molecule has 0 heterocycles. The second-order valence-electron chi connectivity index (χ2n) is 4.54. The molecule has 0 aliphatic rings. The van der Waals surface area contributed by atoms with Crippen LogP contribution in [0.2, 0.25) is 0 Å². The molecule has 0 aliphatic carbocycles. The van der Waals surface area contributed by atoms with Crippen molar-refractivity contribution in [3.8, 4) is 0 Å². The number of benzene rings is 1. The maximum absolute atomic E-state index is 9.91. The number of hydrogen-bond acceptors (Lipinski definition) is 4. The van der Waals surface area contributed by atoms with E-state index in [4.69, 9.17) is 9.84 Å². The van der Waals surface area contributed by atoms with Gasteiger partial charge in [-0.3, -0.25) is 0 Å². The number of aliphatic hydroxyl groups is 2. The van der Waals surface area contributed by atoms with Crippen molar-refractivity contribution in [1.82, 2.24) is 0 Å². The molecule has 1 aromatic rings. The van der Waals surface area contributed by atoms with Crippen molar-refractivity contribution < 1.29 is 14.9 Å². The van der Waals surface area contributed by atoms with Crippen LogP contribution in [-0.4, -0.2) is 48.7 Å². The largest absolute Gasteiger partial charge is 0.395 e. The van der Waals surface area contributed by atoms with Gasteiger partial charge in [0.1, 0.15) is 0 Å². The van der Waals surface area contributed by atoms with Crippen LogP contribution in [0.15, 0.2) is 30.3 Å². The Balaban J connectivity index is 2.52. The SMILES string of the molecule is CC(C)OCC(O)CN(CCO)c1ccccc1. The molecule has 0 spiro atoms. The van der Waals surface area contributed by atoms with E-state index >= 15 is 0 Å².